The summed E-state index contributed by atoms with van der Waals surface area (Å²) in [6.45, 7) is 5.56. The van der Waals surface area contributed by atoms with Crippen molar-refractivity contribution < 1.29 is 14.7 Å². The van der Waals surface area contributed by atoms with Gasteiger partial charge in [0.15, 0.2) is 5.69 Å². The average molecular weight is 280 g/mol. The Morgan fingerprint density at radius 2 is 2.20 bits per heavy atom. The maximum Gasteiger partial charge on any atom is 0.358 e. The molecule has 1 N–H and O–H groups in total. The molecule has 0 aromatic carbocycles. The summed E-state index contributed by atoms with van der Waals surface area (Å²) in [5.74, 6) is -0.607. The van der Waals surface area contributed by atoms with Gasteiger partial charge in [-0.15, -0.1) is 5.10 Å². The first-order valence-corrected chi connectivity index (χ1v) is 6.96. The molecule has 0 radical (unpaired) electrons. The van der Waals surface area contributed by atoms with Crippen LogP contribution in [-0.4, -0.2) is 50.0 Å². The number of likely N-dealkylation sites (tertiary alicyclic amines) is 1. The van der Waals surface area contributed by atoms with Crippen LogP contribution >= 0.6 is 0 Å². The number of hydrogen-bond donors (Lipinski definition) is 1. The Hall–Kier alpha value is -1.92. The molecule has 0 bridgehead atoms. The zero-order valence-electron chi connectivity index (χ0n) is 11.9. The van der Waals surface area contributed by atoms with E-state index < -0.39 is 5.97 Å². The highest BCUT2D eigenvalue weighted by atomic mass is 16.4. The van der Waals surface area contributed by atoms with E-state index >= 15 is 0 Å². The molecule has 1 unspecified atom stereocenters. The van der Waals surface area contributed by atoms with Gasteiger partial charge in [0.25, 0.3) is 0 Å². The summed E-state index contributed by atoms with van der Waals surface area (Å²) < 4.78 is 1.41. The van der Waals surface area contributed by atoms with Crippen LogP contribution in [0.3, 0.4) is 0 Å². The van der Waals surface area contributed by atoms with Gasteiger partial charge in [-0.05, 0) is 25.2 Å². The Labute approximate surface area is 117 Å². The summed E-state index contributed by atoms with van der Waals surface area (Å²) in [5, 5.41) is 16.5. The minimum absolute atomic E-state index is 0.0203. The van der Waals surface area contributed by atoms with E-state index in [4.69, 9.17) is 5.11 Å². The van der Waals surface area contributed by atoms with E-state index in [9.17, 15) is 9.59 Å². The smallest absolute Gasteiger partial charge is 0.358 e. The quantitative estimate of drug-likeness (QED) is 0.881. The zero-order chi connectivity index (χ0) is 14.7. The fourth-order valence-electron chi connectivity index (χ4n) is 2.62. The van der Waals surface area contributed by atoms with Crippen LogP contribution in [0.5, 0.6) is 0 Å². The molecular formula is C13H20N4O3. The van der Waals surface area contributed by atoms with Crippen molar-refractivity contribution in [2.75, 3.05) is 13.1 Å². The second kappa shape index (κ2) is 6.02. The first kappa shape index (κ1) is 14.5. The third-order valence-corrected chi connectivity index (χ3v) is 3.67. The van der Waals surface area contributed by atoms with E-state index in [0.29, 0.717) is 18.0 Å². The second-order valence-electron chi connectivity index (χ2n) is 5.29. The van der Waals surface area contributed by atoms with Gasteiger partial charge in [0.2, 0.25) is 5.91 Å². The van der Waals surface area contributed by atoms with Crippen molar-refractivity contribution in [3.05, 3.63) is 11.4 Å². The highest BCUT2D eigenvalue weighted by molar-refractivity contribution is 5.86. The molecule has 1 aromatic rings. The number of nitrogens with zero attached hydrogens (tertiary/aromatic N) is 4. The van der Waals surface area contributed by atoms with Gasteiger partial charge in [-0.3, -0.25) is 4.79 Å². The largest absolute Gasteiger partial charge is 0.476 e. The number of carboxylic acids is 1. The molecule has 1 amide bonds. The van der Waals surface area contributed by atoms with Crippen molar-refractivity contribution in [3.63, 3.8) is 0 Å². The van der Waals surface area contributed by atoms with Crippen LogP contribution in [0, 0.1) is 5.92 Å². The molecule has 1 fully saturated rings. The SMILES string of the molecule is CCc1c(C(=O)O)nnn1CC(=O)N1CCCC(C)C1. The number of rotatable bonds is 4. The molecule has 1 atom stereocenters. The lowest BCUT2D eigenvalue weighted by atomic mass is 10.0. The lowest BCUT2D eigenvalue weighted by Crippen LogP contribution is -2.41. The summed E-state index contributed by atoms with van der Waals surface area (Å²) >= 11 is 0. The predicted octanol–water partition coefficient (Wildman–Crippen LogP) is 0.797. The maximum absolute atomic E-state index is 12.3. The monoisotopic (exact) mass is 280 g/mol. The molecule has 7 nitrogen and oxygen atoms in total. The molecule has 20 heavy (non-hydrogen) atoms. The fourth-order valence-corrected chi connectivity index (χ4v) is 2.62. The van der Waals surface area contributed by atoms with Gasteiger partial charge >= 0.3 is 5.97 Å². The van der Waals surface area contributed by atoms with Gasteiger partial charge in [-0.1, -0.05) is 19.1 Å². The molecule has 2 heterocycles. The number of aromatic carboxylic acids is 1. The Morgan fingerprint density at radius 3 is 2.80 bits per heavy atom. The molecule has 0 spiro atoms. The lowest BCUT2D eigenvalue weighted by molar-refractivity contribution is -0.133. The number of carbonyl (C=O) groups is 2. The fraction of sp³-hybridized carbons (Fsp3) is 0.692. The van der Waals surface area contributed by atoms with E-state index in [1.165, 1.54) is 4.68 Å². The zero-order valence-corrected chi connectivity index (χ0v) is 11.9. The highest BCUT2D eigenvalue weighted by Gasteiger charge is 2.24. The van der Waals surface area contributed by atoms with Crippen LogP contribution in [0.2, 0.25) is 0 Å². The molecule has 1 aliphatic rings. The molecule has 1 aromatic heterocycles. The third-order valence-electron chi connectivity index (χ3n) is 3.67. The first-order valence-electron chi connectivity index (χ1n) is 6.96. The van der Waals surface area contributed by atoms with Crippen molar-refractivity contribution in [3.8, 4) is 0 Å². The van der Waals surface area contributed by atoms with E-state index in [1.54, 1.807) is 0 Å². The number of hydrogen-bond acceptors (Lipinski definition) is 4. The number of carbonyl (C=O) groups excluding carboxylic acids is 1. The standard InChI is InChI=1S/C13H20N4O3/c1-3-10-12(13(19)20)14-15-17(10)8-11(18)16-6-4-5-9(2)7-16/h9H,3-8H2,1-2H3,(H,19,20). The van der Waals surface area contributed by atoms with Crippen LogP contribution in [0.1, 0.15) is 42.9 Å². The van der Waals surface area contributed by atoms with Crippen molar-refractivity contribution >= 4 is 11.9 Å². The summed E-state index contributed by atoms with van der Waals surface area (Å²) in [6.07, 6.45) is 2.65. The summed E-state index contributed by atoms with van der Waals surface area (Å²) in [5.41, 5.74) is 0.434. The molecule has 0 aliphatic carbocycles. The van der Waals surface area contributed by atoms with E-state index in [0.717, 1.165) is 25.9 Å². The normalized spacial score (nSPS) is 19.1. The van der Waals surface area contributed by atoms with Gasteiger partial charge < -0.3 is 10.0 Å². The molecule has 2 rings (SSSR count). The molecule has 0 saturated carbocycles. The summed E-state index contributed by atoms with van der Waals surface area (Å²) in [6, 6.07) is 0. The summed E-state index contributed by atoms with van der Waals surface area (Å²) in [7, 11) is 0. The van der Waals surface area contributed by atoms with Crippen LogP contribution < -0.4 is 0 Å². The number of carboxylic acid groups (broad SMARTS) is 1. The Balaban J connectivity index is 2.09. The third kappa shape index (κ3) is 2.97. The van der Waals surface area contributed by atoms with Crippen molar-refractivity contribution in [2.45, 2.75) is 39.7 Å². The maximum atomic E-state index is 12.3. The second-order valence-corrected chi connectivity index (χ2v) is 5.29. The highest BCUT2D eigenvalue weighted by Crippen LogP contribution is 2.16. The van der Waals surface area contributed by atoms with Gasteiger partial charge in [0, 0.05) is 13.1 Å². The van der Waals surface area contributed by atoms with Crippen LogP contribution in [0.15, 0.2) is 0 Å². The molecule has 7 heteroatoms. The molecule has 110 valence electrons. The average Bonchev–Trinajstić information content (AvgIpc) is 2.81. The number of aromatic nitrogens is 3. The van der Waals surface area contributed by atoms with E-state index in [1.807, 2.05) is 11.8 Å². The van der Waals surface area contributed by atoms with Gasteiger partial charge in [0.05, 0.1) is 5.69 Å². The van der Waals surface area contributed by atoms with Gasteiger partial charge in [-0.2, -0.15) is 0 Å². The van der Waals surface area contributed by atoms with E-state index in [-0.39, 0.29) is 18.1 Å². The van der Waals surface area contributed by atoms with Gasteiger partial charge in [-0.25, -0.2) is 9.48 Å². The Bertz CT molecular complexity index is 512. The summed E-state index contributed by atoms with van der Waals surface area (Å²) in [4.78, 5) is 25.1. The van der Waals surface area contributed by atoms with Crippen LogP contribution in [0.25, 0.3) is 0 Å². The Kier molecular flexibility index (Phi) is 4.36. The number of amides is 1. The van der Waals surface area contributed by atoms with Crippen LogP contribution in [-0.2, 0) is 17.8 Å². The molecule has 1 aliphatic heterocycles. The molecular weight excluding hydrogens is 260 g/mol. The first-order chi connectivity index (χ1) is 9.52. The number of piperidine rings is 1. The van der Waals surface area contributed by atoms with Gasteiger partial charge in [0.1, 0.15) is 6.54 Å². The van der Waals surface area contributed by atoms with Crippen molar-refractivity contribution in [1.29, 1.82) is 0 Å². The topological polar surface area (TPSA) is 88.3 Å². The Morgan fingerprint density at radius 1 is 1.45 bits per heavy atom. The molecule has 1 saturated heterocycles. The minimum Gasteiger partial charge on any atom is -0.476 e. The van der Waals surface area contributed by atoms with E-state index in [2.05, 4.69) is 17.2 Å². The predicted molar refractivity (Wildman–Crippen MR) is 71.3 cm³/mol. The van der Waals surface area contributed by atoms with Crippen molar-refractivity contribution in [2.24, 2.45) is 5.92 Å². The van der Waals surface area contributed by atoms with Crippen LogP contribution in [0.4, 0.5) is 0 Å². The minimum atomic E-state index is -1.10. The lowest BCUT2D eigenvalue weighted by Gasteiger charge is -2.31. The van der Waals surface area contributed by atoms with Crippen molar-refractivity contribution in [1.82, 2.24) is 19.9 Å².